The Balaban J connectivity index is 2.45. The van der Waals surface area contributed by atoms with E-state index in [9.17, 15) is 9.90 Å². The summed E-state index contributed by atoms with van der Waals surface area (Å²) >= 11 is 0. The number of aliphatic hydroxyl groups is 1. The minimum Gasteiger partial charge on any atom is -0.386 e. The van der Waals surface area contributed by atoms with Gasteiger partial charge in [0, 0.05) is 0 Å². The van der Waals surface area contributed by atoms with Gasteiger partial charge in [-0.05, 0) is 20.3 Å². The molecule has 82 valence electrons. The van der Waals surface area contributed by atoms with Crippen LogP contribution >= 0.6 is 0 Å². The van der Waals surface area contributed by atoms with Crippen LogP contribution in [0.25, 0.3) is 0 Å². The van der Waals surface area contributed by atoms with E-state index in [-0.39, 0.29) is 5.91 Å². The molecule has 0 aromatic carbocycles. The van der Waals surface area contributed by atoms with Crippen LogP contribution in [0.15, 0.2) is 0 Å². The molecule has 1 heterocycles. The normalized spacial score (nSPS) is 20.5. The van der Waals surface area contributed by atoms with Crippen molar-refractivity contribution in [2.24, 2.45) is 5.73 Å². The summed E-state index contributed by atoms with van der Waals surface area (Å²) in [6.07, 6.45) is 1.69. The number of nitrogens with two attached hydrogens (primary N) is 1. The van der Waals surface area contributed by atoms with Gasteiger partial charge in [-0.3, -0.25) is 4.79 Å². The van der Waals surface area contributed by atoms with Crippen LogP contribution in [0.3, 0.4) is 0 Å². The van der Waals surface area contributed by atoms with Crippen molar-refractivity contribution in [2.45, 2.75) is 44.8 Å². The molecule has 0 unspecified atom stereocenters. The van der Waals surface area contributed by atoms with Crippen molar-refractivity contribution in [3.8, 4) is 0 Å². The second-order valence-electron chi connectivity index (χ2n) is 4.86. The summed E-state index contributed by atoms with van der Waals surface area (Å²) in [5, 5.41) is 9.86. The van der Waals surface area contributed by atoms with Crippen molar-refractivity contribution in [1.29, 1.82) is 0 Å². The highest BCUT2D eigenvalue weighted by atomic mass is 16.3. The average molecular weight is 200 g/mol. The number of nitrogens with zero attached hydrogens (tertiary/aromatic N) is 1. The Kier molecular flexibility index (Phi) is 2.88. The maximum Gasteiger partial charge on any atom is 0.242 e. The molecule has 0 atom stereocenters. The number of carbonyl (C=O) groups is 1. The van der Waals surface area contributed by atoms with Gasteiger partial charge in [-0.2, -0.15) is 0 Å². The molecule has 3 N–H and O–H groups in total. The topological polar surface area (TPSA) is 66.6 Å². The van der Waals surface area contributed by atoms with Crippen LogP contribution in [-0.2, 0) is 4.79 Å². The Labute approximate surface area is 85.1 Å². The molecule has 1 rings (SSSR count). The first-order chi connectivity index (χ1) is 6.28. The molecule has 1 amide bonds. The highest BCUT2D eigenvalue weighted by Gasteiger charge is 2.45. The van der Waals surface area contributed by atoms with E-state index in [1.807, 2.05) is 6.92 Å². The van der Waals surface area contributed by atoms with E-state index in [1.165, 1.54) is 0 Å². The quantitative estimate of drug-likeness (QED) is 0.679. The van der Waals surface area contributed by atoms with E-state index in [0.717, 1.165) is 12.8 Å². The Morgan fingerprint density at radius 3 is 2.43 bits per heavy atom. The van der Waals surface area contributed by atoms with Gasteiger partial charge in [0.05, 0.1) is 24.2 Å². The third-order valence-corrected chi connectivity index (χ3v) is 2.52. The summed E-state index contributed by atoms with van der Waals surface area (Å²) in [4.78, 5) is 13.2. The summed E-state index contributed by atoms with van der Waals surface area (Å²) in [5.74, 6) is -0.0849. The van der Waals surface area contributed by atoms with Gasteiger partial charge < -0.3 is 15.7 Å². The molecule has 0 radical (unpaired) electrons. The lowest BCUT2D eigenvalue weighted by Gasteiger charge is -2.48. The number of likely N-dealkylation sites (tertiary alicyclic amines) is 1. The second-order valence-corrected chi connectivity index (χ2v) is 4.86. The number of rotatable bonds is 3. The van der Waals surface area contributed by atoms with Gasteiger partial charge in [0.2, 0.25) is 5.91 Å². The predicted molar refractivity (Wildman–Crippen MR) is 54.7 cm³/mol. The zero-order chi connectivity index (χ0) is 11.0. The molecular weight excluding hydrogens is 180 g/mol. The van der Waals surface area contributed by atoms with Gasteiger partial charge in [-0.25, -0.2) is 0 Å². The van der Waals surface area contributed by atoms with Crippen molar-refractivity contribution in [1.82, 2.24) is 4.90 Å². The zero-order valence-corrected chi connectivity index (χ0v) is 9.21. The van der Waals surface area contributed by atoms with Crippen LogP contribution in [-0.4, -0.2) is 40.1 Å². The van der Waals surface area contributed by atoms with Crippen molar-refractivity contribution < 1.29 is 9.90 Å². The lowest BCUT2D eigenvalue weighted by atomic mass is 9.87. The van der Waals surface area contributed by atoms with E-state index < -0.39 is 11.1 Å². The molecule has 4 heteroatoms. The Bertz CT molecular complexity index is 227. The SMILES string of the molecule is CCCC1(O)CN(C(=O)C(C)(C)N)C1. The molecule has 0 aliphatic carbocycles. The number of hydrogen-bond acceptors (Lipinski definition) is 3. The summed E-state index contributed by atoms with van der Waals surface area (Å²) in [6.45, 7) is 6.26. The van der Waals surface area contributed by atoms with E-state index in [0.29, 0.717) is 13.1 Å². The maximum absolute atomic E-state index is 11.6. The van der Waals surface area contributed by atoms with E-state index in [4.69, 9.17) is 5.73 Å². The fraction of sp³-hybridized carbons (Fsp3) is 0.900. The van der Waals surface area contributed by atoms with E-state index in [1.54, 1.807) is 18.7 Å². The molecular formula is C10H20N2O2. The molecule has 0 aromatic rings. The fourth-order valence-electron chi connectivity index (χ4n) is 1.84. The van der Waals surface area contributed by atoms with Crippen LogP contribution in [0.2, 0.25) is 0 Å². The van der Waals surface area contributed by atoms with Crippen LogP contribution in [0.1, 0.15) is 33.6 Å². The van der Waals surface area contributed by atoms with Gasteiger partial charge in [-0.15, -0.1) is 0 Å². The lowest BCUT2D eigenvalue weighted by molar-refractivity contribution is -0.160. The average Bonchev–Trinajstić information content (AvgIpc) is 1.97. The zero-order valence-electron chi connectivity index (χ0n) is 9.21. The van der Waals surface area contributed by atoms with Crippen molar-refractivity contribution in [3.63, 3.8) is 0 Å². The molecule has 0 spiro atoms. The standard InChI is InChI=1S/C10H20N2O2/c1-4-5-10(14)6-12(7-10)8(13)9(2,3)11/h14H,4-7,11H2,1-3H3. The van der Waals surface area contributed by atoms with Gasteiger partial charge in [0.1, 0.15) is 0 Å². The maximum atomic E-state index is 11.6. The van der Waals surface area contributed by atoms with Gasteiger partial charge in [0.15, 0.2) is 0 Å². The summed E-state index contributed by atoms with van der Waals surface area (Å²) in [5.41, 5.74) is 4.20. The highest BCUT2D eigenvalue weighted by molar-refractivity contribution is 5.86. The first-order valence-electron chi connectivity index (χ1n) is 5.09. The number of carbonyl (C=O) groups excluding carboxylic acids is 1. The van der Waals surface area contributed by atoms with E-state index in [2.05, 4.69) is 0 Å². The largest absolute Gasteiger partial charge is 0.386 e. The lowest BCUT2D eigenvalue weighted by Crippen LogP contribution is -2.67. The number of hydrogen-bond donors (Lipinski definition) is 2. The van der Waals surface area contributed by atoms with Gasteiger partial charge >= 0.3 is 0 Å². The minimum absolute atomic E-state index is 0.0849. The molecule has 4 nitrogen and oxygen atoms in total. The molecule has 1 aliphatic heterocycles. The van der Waals surface area contributed by atoms with Crippen molar-refractivity contribution in [3.05, 3.63) is 0 Å². The molecule has 1 aliphatic rings. The smallest absolute Gasteiger partial charge is 0.242 e. The highest BCUT2D eigenvalue weighted by Crippen LogP contribution is 2.27. The minimum atomic E-state index is -0.826. The molecule has 1 saturated heterocycles. The first-order valence-corrected chi connectivity index (χ1v) is 5.09. The van der Waals surface area contributed by atoms with Crippen molar-refractivity contribution >= 4 is 5.91 Å². The molecule has 14 heavy (non-hydrogen) atoms. The first kappa shape index (κ1) is 11.5. The summed E-state index contributed by atoms with van der Waals surface area (Å²) in [6, 6.07) is 0. The van der Waals surface area contributed by atoms with Gasteiger partial charge in [0.25, 0.3) is 0 Å². The second kappa shape index (κ2) is 3.51. The van der Waals surface area contributed by atoms with Crippen LogP contribution in [0.5, 0.6) is 0 Å². The van der Waals surface area contributed by atoms with Crippen LogP contribution in [0.4, 0.5) is 0 Å². The van der Waals surface area contributed by atoms with Crippen molar-refractivity contribution in [2.75, 3.05) is 13.1 Å². The Hall–Kier alpha value is -0.610. The molecule has 1 fully saturated rings. The Morgan fingerprint density at radius 2 is 2.07 bits per heavy atom. The molecule has 0 aromatic heterocycles. The number of β-amino-alcohol motifs (C(OH)–C–C–N with tert-alkyl or cyclic N) is 1. The Morgan fingerprint density at radius 1 is 1.57 bits per heavy atom. The summed E-state index contributed by atoms with van der Waals surface area (Å²) < 4.78 is 0. The van der Waals surface area contributed by atoms with Crippen LogP contribution in [0, 0.1) is 0 Å². The predicted octanol–water partition coefficient (Wildman–Crippen LogP) is 0.0971. The monoisotopic (exact) mass is 200 g/mol. The van der Waals surface area contributed by atoms with E-state index >= 15 is 0 Å². The third-order valence-electron chi connectivity index (χ3n) is 2.52. The van der Waals surface area contributed by atoms with Crippen LogP contribution < -0.4 is 5.73 Å². The van der Waals surface area contributed by atoms with Gasteiger partial charge in [-0.1, -0.05) is 13.3 Å². The molecule has 0 bridgehead atoms. The third kappa shape index (κ3) is 2.25. The summed E-state index contributed by atoms with van der Waals surface area (Å²) in [7, 11) is 0. The molecule has 0 saturated carbocycles. The fourth-order valence-corrected chi connectivity index (χ4v) is 1.84. The number of amides is 1.